The molecule has 1 aliphatic rings. The van der Waals surface area contributed by atoms with Crippen molar-refractivity contribution in [2.24, 2.45) is 7.05 Å². The standard InChI is InChI=1S/C25H31B3F3N5O3/c1-13(14-5-4-6-15(18(14)29)19(30)31)34-20-16-11-17(22(37)35(2)21(16)33-12-32-20)24(39-3)7-9-36(10-8-24)23(38)25(26,27)28/h4-6,11-13,19H,7-10,26-28H2,1-3H3,(H,32,33,34)/t13-/m1/s1. The van der Waals surface area contributed by atoms with Crippen LogP contribution in [0.25, 0.3) is 11.0 Å². The van der Waals surface area contributed by atoms with E-state index >= 15 is 0 Å². The van der Waals surface area contributed by atoms with E-state index in [1.54, 1.807) is 32.0 Å². The Hall–Kier alpha value is -3.28. The van der Waals surface area contributed by atoms with Gasteiger partial charge in [-0.05, 0) is 30.9 Å². The minimum Gasteiger partial charge on any atom is -0.373 e. The molecule has 0 unspecified atom stereocenters. The Balaban J connectivity index is 1.73. The fraction of sp³-hybridized carbons (Fsp3) is 0.440. The van der Waals surface area contributed by atoms with Crippen molar-refractivity contribution in [3.8, 4) is 0 Å². The van der Waals surface area contributed by atoms with Crippen molar-refractivity contribution in [1.82, 2.24) is 19.4 Å². The monoisotopic (exact) mass is 539 g/mol. The molecule has 8 nitrogen and oxygen atoms in total. The molecule has 1 aromatic carbocycles. The lowest BCUT2D eigenvalue weighted by atomic mass is 9.42. The number of nitrogens with zero attached hydrogens (tertiary/aromatic N) is 4. The third-order valence-electron chi connectivity index (χ3n) is 7.50. The molecular weight excluding hydrogens is 508 g/mol. The normalized spacial score (nSPS) is 16.4. The molecule has 1 saturated heterocycles. The first-order chi connectivity index (χ1) is 18.3. The summed E-state index contributed by atoms with van der Waals surface area (Å²) in [6.07, 6.45) is -0.815. The van der Waals surface area contributed by atoms with Gasteiger partial charge in [0, 0.05) is 32.8 Å². The first-order valence-electron chi connectivity index (χ1n) is 12.8. The number of nitrogens with one attached hydrogen (secondary N) is 1. The number of hydrogen-bond acceptors (Lipinski definition) is 6. The fourth-order valence-electron chi connectivity index (χ4n) is 5.19. The van der Waals surface area contributed by atoms with Gasteiger partial charge in [0.1, 0.15) is 52.7 Å². The van der Waals surface area contributed by atoms with Crippen molar-refractivity contribution in [3.05, 3.63) is 63.5 Å². The van der Waals surface area contributed by atoms with Crippen LogP contribution in [0.3, 0.4) is 0 Å². The lowest BCUT2D eigenvalue weighted by molar-refractivity contribution is -0.136. The van der Waals surface area contributed by atoms with Crippen molar-refractivity contribution < 1.29 is 22.7 Å². The van der Waals surface area contributed by atoms with Gasteiger partial charge in [0.05, 0.1) is 22.6 Å². The van der Waals surface area contributed by atoms with Gasteiger partial charge in [-0.2, -0.15) is 0 Å². The Morgan fingerprint density at radius 2 is 1.82 bits per heavy atom. The number of fused-ring (bicyclic) bond motifs is 1. The third kappa shape index (κ3) is 5.31. The summed E-state index contributed by atoms with van der Waals surface area (Å²) < 4.78 is 48.7. The van der Waals surface area contributed by atoms with Crippen LogP contribution in [0.5, 0.6) is 0 Å². The van der Waals surface area contributed by atoms with E-state index in [0.29, 0.717) is 48.3 Å². The largest absolute Gasteiger partial charge is 0.373 e. The van der Waals surface area contributed by atoms with Gasteiger partial charge in [-0.15, -0.1) is 0 Å². The molecule has 1 N–H and O–H groups in total. The van der Waals surface area contributed by atoms with Crippen molar-refractivity contribution in [2.45, 2.75) is 42.9 Å². The number of pyridine rings is 1. The maximum atomic E-state index is 14.8. The number of piperidine rings is 1. The number of likely N-dealkylation sites (tertiary alicyclic amines) is 1. The molecular formula is C25H31B3F3N5O3. The van der Waals surface area contributed by atoms with E-state index in [1.807, 2.05) is 23.5 Å². The zero-order chi connectivity index (χ0) is 28.7. The molecule has 0 bridgehead atoms. The van der Waals surface area contributed by atoms with Crippen LogP contribution in [0, 0.1) is 5.82 Å². The second-order valence-electron chi connectivity index (χ2n) is 11.0. The Morgan fingerprint density at radius 3 is 2.41 bits per heavy atom. The number of ether oxygens (including phenoxy) is 1. The average Bonchev–Trinajstić information content (AvgIpc) is 2.90. The minimum absolute atomic E-state index is 0.0376. The van der Waals surface area contributed by atoms with Gasteiger partial charge in [-0.25, -0.2) is 23.1 Å². The molecule has 204 valence electrons. The van der Waals surface area contributed by atoms with Crippen LogP contribution in [-0.4, -0.2) is 69.1 Å². The SMILES string of the molecule is BC(B)(B)C(=O)N1CCC(OC)(c2cc3c(N[C@H](C)c4cccc(C(F)F)c4F)ncnc3n(C)c2=O)CC1. The van der Waals surface area contributed by atoms with Gasteiger partial charge in [0.15, 0.2) is 0 Å². The van der Waals surface area contributed by atoms with Crippen molar-refractivity contribution >= 4 is 46.3 Å². The summed E-state index contributed by atoms with van der Waals surface area (Å²) in [7, 11) is 8.77. The zero-order valence-corrected chi connectivity index (χ0v) is 23.0. The van der Waals surface area contributed by atoms with Gasteiger partial charge >= 0.3 is 0 Å². The van der Waals surface area contributed by atoms with E-state index in [-0.39, 0.29) is 17.0 Å². The van der Waals surface area contributed by atoms with E-state index in [1.165, 1.54) is 23.0 Å². The summed E-state index contributed by atoms with van der Waals surface area (Å²) in [5.41, 5.74) is -1.08. The Morgan fingerprint density at radius 1 is 1.18 bits per heavy atom. The van der Waals surface area contributed by atoms with Crippen LogP contribution in [0.1, 0.15) is 48.9 Å². The van der Waals surface area contributed by atoms with Crippen LogP contribution >= 0.6 is 0 Å². The molecule has 0 radical (unpaired) electrons. The highest BCUT2D eigenvalue weighted by Gasteiger charge is 2.41. The molecule has 1 atom stereocenters. The van der Waals surface area contributed by atoms with E-state index < -0.39 is 34.6 Å². The summed E-state index contributed by atoms with van der Waals surface area (Å²) in [5, 5.41) is 3.09. The quantitative estimate of drug-likeness (QED) is 0.452. The maximum Gasteiger partial charge on any atom is 0.266 e. The summed E-state index contributed by atoms with van der Waals surface area (Å²) in [4.78, 5) is 36.7. The number of alkyl halides is 2. The van der Waals surface area contributed by atoms with Crippen LogP contribution < -0.4 is 10.9 Å². The molecule has 39 heavy (non-hydrogen) atoms. The number of amides is 1. The molecule has 1 fully saturated rings. The molecule has 3 heterocycles. The van der Waals surface area contributed by atoms with E-state index in [0.717, 1.165) is 6.07 Å². The van der Waals surface area contributed by atoms with Gasteiger partial charge in [0.25, 0.3) is 12.0 Å². The lowest BCUT2D eigenvalue weighted by Gasteiger charge is -2.42. The van der Waals surface area contributed by atoms with E-state index in [9.17, 15) is 22.8 Å². The second kappa shape index (κ2) is 10.7. The number of carbonyl (C=O) groups is 1. The highest BCUT2D eigenvalue weighted by atomic mass is 19.3. The number of halogens is 3. The number of benzene rings is 1. The van der Waals surface area contributed by atoms with Crippen molar-refractivity contribution in [3.63, 3.8) is 0 Å². The lowest BCUT2D eigenvalue weighted by Crippen LogP contribution is -2.51. The topological polar surface area (TPSA) is 89.3 Å². The van der Waals surface area contributed by atoms with E-state index in [4.69, 9.17) is 4.74 Å². The Kier molecular flexibility index (Phi) is 7.89. The van der Waals surface area contributed by atoms with Crippen LogP contribution in [0.4, 0.5) is 19.0 Å². The number of aromatic nitrogens is 3. The number of methoxy groups -OCH3 is 1. The third-order valence-corrected chi connectivity index (χ3v) is 7.50. The molecule has 4 rings (SSSR count). The average molecular weight is 539 g/mol. The molecule has 1 aliphatic heterocycles. The number of aryl methyl sites for hydroxylation is 1. The predicted octanol–water partition coefficient (Wildman–Crippen LogP) is 1.02. The molecule has 3 aromatic rings. The number of anilines is 1. The van der Waals surface area contributed by atoms with E-state index in [2.05, 4.69) is 15.3 Å². The molecule has 1 amide bonds. The molecule has 14 heteroatoms. The van der Waals surface area contributed by atoms with Crippen molar-refractivity contribution in [2.75, 3.05) is 25.5 Å². The first-order valence-corrected chi connectivity index (χ1v) is 12.8. The zero-order valence-electron chi connectivity index (χ0n) is 23.0. The maximum absolute atomic E-state index is 14.8. The van der Waals surface area contributed by atoms with Gasteiger partial charge < -0.3 is 15.0 Å². The minimum atomic E-state index is -2.94. The number of rotatable bonds is 7. The predicted molar refractivity (Wildman–Crippen MR) is 151 cm³/mol. The summed E-state index contributed by atoms with van der Waals surface area (Å²) in [6.45, 7) is 2.50. The number of carbonyl (C=O) groups excluding carboxylic acids is 1. The van der Waals surface area contributed by atoms with Gasteiger partial charge in [-0.3, -0.25) is 14.2 Å². The summed E-state index contributed by atoms with van der Waals surface area (Å²) in [5.74, 6) is -0.623. The van der Waals surface area contributed by atoms with Crippen LogP contribution in [0.15, 0.2) is 35.4 Å². The molecule has 0 saturated carbocycles. The second-order valence-corrected chi connectivity index (χ2v) is 11.0. The van der Waals surface area contributed by atoms with Crippen LogP contribution in [-0.2, 0) is 22.2 Å². The van der Waals surface area contributed by atoms with Gasteiger partial charge in [0.2, 0.25) is 5.91 Å². The number of hydrogen-bond donors (Lipinski definition) is 1. The summed E-state index contributed by atoms with van der Waals surface area (Å²) >= 11 is 0. The van der Waals surface area contributed by atoms with Gasteiger partial charge in [-0.1, -0.05) is 18.2 Å². The highest BCUT2D eigenvalue weighted by molar-refractivity contribution is 6.68. The molecule has 2 aromatic heterocycles. The van der Waals surface area contributed by atoms with Crippen LogP contribution in [0.2, 0.25) is 5.11 Å². The smallest absolute Gasteiger partial charge is 0.266 e. The highest BCUT2D eigenvalue weighted by Crippen LogP contribution is 2.37. The first kappa shape index (κ1) is 28.7. The Labute approximate surface area is 227 Å². The Bertz CT molecular complexity index is 1460. The fourth-order valence-corrected chi connectivity index (χ4v) is 5.19. The molecule has 0 spiro atoms. The molecule has 0 aliphatic carbocycles. The van der Waals surface area contributed by atoms with Crippen molar-refractivity contribution in [1.29, 1.82) is 0 Å². The summed E-state index contributed by atoms with van der Waals surface area (Å²) in [6, 6.07) is 4.85.